The lowest BCUT2D eigenvalue weighted by atomic mass is 10.1. The maximum absolute atomic E-state index is 13.8. The van der Waals surface area contributed by atoms with Gasteiger partial charge < -0.3 is 10.2 Å². The third kappa shape index (κ3) is 7.76. The molecular weight excluding hydrogens is 567 g/mol. The molecule has 40 heavy (non-hydrogen) atoms. The van der Waals surface area contributed by atoms with Crippen LogP contribution in [0.3, 0.4) is 0 Å². The van der Waals surface area contributed by atoms with Crippen molar-refractivity contribution >= 4 is 39.1 Å². The Bertz CT molecular complexity index is 1450. The Morgan fingerprint density at radius 3 is 2.17 bits per heavy atom. The predicted molar refractivity (Wildman–Crippen MR) is 147 cm³/mol. The van der Waals surface area contributed by atoms with Gasteiger partial charge in [0.1, 0.15) is 12.6 Å². The summed E-state index contributed by atoms with van der Waals surface area (Å²) in [4.78, 5) is 27.6. The standard InChI is InChI=1S/C28H29ClF3N3O4S/c1-19(2)33-27(37)20(3)34(17-21-9-7-11-23(29)15-21)26(36)18-35(40(38,39)25-13-5-4-6-14-25)24-12-8-10-22(16-24)28(30,31)32/h4-16,19-20H,17-18H2,1-3H3,(H,33,37)/t20-/m0/s1. The molecule has 0 aliphatic carbocycles. The maximum Gasteiger partial charge on any atom is 0.416 e. The van der Waals surface area contributed by atoms with E-state index in [4.69, 9.17) is 11.6 Å². The number of benzene rings is 3. The minimum absolute atomic E-state index is 0.103. The number of hydrogen-bond acceptors (Lipinski definition) is 4. The zero-order valence-electron chi connectivity index (χ0n) is 22.0. The number of amides is 2. The number of nitrogens with one attached hydrogen (secondary N) is 1. The van der Waals surface area contributed by atoms with Crippen molar-refractivity contribution in [3.05, 3.63) is 95.0 Å². The quantitative estimate of drug-likeness (QED) is 0.336. The van der Waals surface area contributed by atoms with Gasteiger partial charge in [-0.05, 0) is 68.8 Å². The van der Waals surface area contributed by atoms with Gasteiger partial charge in [-0.3, -0.25) is 13.9 Å². The molecule has 12 heteroatoms. The molecule has 7 nitrogen and oxygen atoms in total. The Balaban J connectivity index is 2.08. The highest BCUT2D eigenvalue weighted by atomic mass is 35.5. The normalized spacial score (nSPS) is 12.6. The van der Waals surface area contributed by atoms with E-state index < -0.39 is 46.2 Å². The molecule has 0 aliphatic rings. The van der Waals surface area contributed by atoms with Crippen molar-refractivity contribution in [3.8, 4) is 0 Å². The molecule has 0 aromatic heterocycles. The fourth-order valence-electron chi connectivity index (χ4n) is 3.91. The van der Waals surface area contributed by atoms with Crippen molar-refractivity contribution in [3.63, 3.8) is 0 Å². The van der Waals surface area contributed by atoms with Crippen molar-refractivity contribution in [2.45, 2.75) is 50.5 Å². The van der Waals surface area contributed by atoms with E-state index in [0.717, 1.165) is 12.1 Å². The highest BCUT2D eigenvalue weighted by Crippen LogP contribution is 2.33. The van der Waals surface area contributed by atoms with Gasteiger partial charge in [0.2, 0.25) is 11.8 Å². The van der Waals surface area contributed by atoms with Gasteiger partial charge in [-0.25, -0.2) is 8.42 Å². The van der Waals surface area contributed by atoms with Crippen LogP contribution < -0.4 is 9.62 Å². The van der Waals surface area contributed by atoms with Crippen molar-refractivity contribution in [1.82, 2.24) is 10.2 Å². The zero-order valence-corrected chi connectivity index (χ0v) is 23.6. The van der Waals surface area contributed by atoms with E-state index in [1.807, 2.05) is 0 Å². The molecule has 3 rings (SSSR count). The minimum Gasteiger partial charge on any atom is -0.352 e. The van der Waals surface area contributed by atoms with Crippen molar-refractivity contribution in [2.24, 2.45) is 0 Å². The largest absolute Gasteiger partial charge is 0.416 e. The SMILES string of the molecule is CC(C)NC(=O)[C@H](C)N(Cc1cccc(Cl)c1)C(=O)CN(c1cccc(C(F)(F)F)c1)S(=O)(=O)c1ccccc1. The van der Waals surface area contributed by atoms with Crippen LogP contribution in [0.1, 0.15) is 31.9 Å². The summed E-state index contributed by atoms with van der Waals surface area (Å²) in [6.07, 6.45) is -4.75. The molecule has 0 spiro atoms. The third-order valence-electron chi connectivity index (χ3n) is 5.91. The lowest BCUT2D eigenvalue weighted by Gasteiger charge is -2.32. The number of alkyl halides is 3. The van der Waals surface area contributed by atoms with E-state index in [1.165, 1.54) is 42.2 Å². The molecule has 0 unspecified atom stereocenters. The van der Waals surface area contributed by atoms with Gasteiger partial charge in [-0.2, -0.15) is 13.2 Å². The van der Waals surface area contributed by atoms with Crippen molar-refractivity contribution in [1.29, 1.82) is 0 Å². The fraction of sp³-hybridized carbons (Fsp3) is 0.286. The topological polar surface area (TPSA) is 86.8 Å². The van der Waals surface area contributed by atoms with E-state index in [2.05, 4.69) is 5.32 Å². The molecule has 3 aromatic rings. The Morgan fingerprint density at radius 2 is 1.57 bits per heavy atom. The van der Waals surface area contributed by atoms with Gasteiger partial charge in [-0.15, -0.1) is 0 Å². The fourth-order valence-corrected chi connectivity index (χ4v) is 5.55. The van der Waals surface area contributed by atoms with E-state index in [0.29, 0.717) is 21.0 Å². The molecule has 0 bridgehead atoms. The molecule has 214 valence electrons. The molecular formula is C28H29ClF3N3O4S. The maximum atomic E-state index is 13.8. The minimum atomic E-state index is -4.75. The Kier molecular flexibility index (Phi) is 9.86. The van der Waals surface area contributed by atoms with E-state index in [1.54, 1.807) is 44.2 Å². The number of nitrogens with zero attached hydrogens (tertiary/aromatic N) is 2. The summed E-state index contributed by atoms with van der Waals surface area (Å²) in [5, 5.41) is 3.11. The van der Waals surface area contributed by atoms with Crippen LogP contribution in [0.2, 0.25) is 5.02 Å². The molecule has 0 aliphatic heterocycles. The van der Waals surface area contributed by atoms with E-state index >= 15 is 0 Å². The number of carbonyl (C=O) groups excluding carboxylic acids is 2. The molecule has 0 radical (unpaired) electrons. The Hall–Kier alpha value is -3.57. The summed E-state index contributed by atoms with van der Waals surface area (Å²) in [6, 6.07) is 16.1. The molecule has 3 aromatic carbocycles. The van der Waals surface area contributed by atoms with Gasteiger partial charge >= 0.3 is 6.18 Å². The Labute approximate surface area is 236 Å². The first-order valence-electron chi connectivity index (χ1n) is 12.3. The summed E-state index contributed by atoms with van der Waals surface area (Å²) in [5.74, 6) is -1.29. The monoisotopic (exact) mass is 595 g/mol. The summed E-state index contributed by atoms with van der Waals surface area (Å²) >= 11 is 6.10. The molecule has 0 heterocycles. The molecule has 0 fully saturated rings. The summed E-state index contributed by atoms with van der Waals surface area (Å²) in [5.41, 5.74) is -0.859. The molecule has 1 atom stereocenters. The van der Waals surface area contributed by atoms with E-state index in [9.17, 15) is 31.2 Å². The van der Waals surface area contributed by atoms with Crippen LogP contribution in [-0.4, -0.2) is 43.8 Å². The smallest absolute Gasteiger partial charge is 0.352 e. The zero-order chi connectivity index (χ0) is 29.7. The van der Waals surface area contributed by atoms with Gasteiger partial charge in [0.05, 0.1) is 16.1 Å². The summed E-state index contributed by atoms with van der Waals surface area (Å²) in [6.45, 7) is 4.01. The number of anilines is 1. The van der Waals surface area contributed by atoms with Crippen molar-refractivity contribution in [2.75, 3.05) is 10.8 Å². The second-order valence-corrected chi connectivity index (χ2v) is 11.7. The van der Waals surface area contributed by atoms with Gasteiger partial charge in [-0.1, -0.05) is 48.0 Å². The second-order valence-electron chi connectivity index (χ2n) is 9.36. The van der Waals surface area contributed by atoms with Crippen molar-refractivity contribution < 1.29 is 31.2 Å². The third-order valence-corrected chi connectivity index (χ3v) is 7.93. The second kappa shape index (κ2) is 12.7. The van der Waals surface area contributed by atoms with Crippen LogP contribution in [0.4, 0.5) is 18.9 Å². The summed E-state index contributed by atoms with van der Waals surface area (Å²) < 4.78 is 68.5. The number of carbonyl (C=O) groups is 2. The first-order valence-corrected chi connectivity index (χ1v) is 14.1. The van der Waals surface area contributed by atoms with E-state index in [-0.39, 0.29) is 23.2 Å². The highest BCUT2D eigenvalue weighted by molar-refractivity contribution is 7.92. The summed E-state index contributed by atoms with van der Waals surface area (Å²) in [7, 11) is -4.49. The Morgan fingerprint density at radius 1 is 0.925 bits per heavy atom. The number of rotatable bonds is 10. The number of sulfonamides is 1. The van der Waals surface area contributed by atoms with Gasteiger partial charge in [0, 0.05) is 17.6 Å². The molecule has 0 saturated carbocycles. The van der Waals surface area contributed by atoms with Crippen LogP contribution in [0, 0.1) is 0 Å². The molecule has 1 N–H and O–H groups in total. The first-order chi connectivity index (χ1) is 18.7. The average Bonchev–Trinajstić information content (AvgIpc) is 2.89. The van der Waals surface area contributed by atoms with Crippen LogP contribution in [-0.2, 0) is 32.3 Å². The van der Waals surface area contributed by atoms with Gasteiger partial charge in [0.25, 0.3) is 10.0 Å². The van der Waals surface area contributed by atoms with Crippen LogP contribution in [0.5, 0.6) is 0 Å². The lowest BCUT2D eigenvalue weighted by molar-refractivity contribution is -0.139. The number of hydrogen-bond donors (Lipinski definition) is 1. The van der Waals surface area contributed by atoms with Crippen LogP contribution in [0.15, 0.2) is 83.8 Å². The highest BCUT2D eigenvalue weighted by Gasteiger charge is 2.35. The van der Waals surface area contributed by atoms with Crippen LogP contribution in [0.25, 0.3) is 0 Å². The average molecular weight is 596 g/mol. The predicted octanol–water partition coefficient (Wildman–Crippen LogP) is 5.50. The number of halogens is 4. The van der Waals surface area contributed by atoms with Crippen LogP contribution >= 0.6 is 11.6 Å². The molecule has 2 amide bonds. The van der Waals surface area contributed by atoms with Gasteiger partial charge in [0.15, 0.2) is 0 Å². The lowest BCUT2D eigenvalue weighted by Crippen LogP contribution is -2.52. The first kappa shape index (κ1) is 31.0. The molecule has 0 saturated heterocycles.